The van der Waals surface area contributed by atoms with Gasteiger partial charge >= 0.3 is 6.18 Å². The lowest BCUT2D eigenvalue weighted by Crippen LogP contribution is -2.58. The molecule has 15 nitrogen and oxygen atoms in total. The molecule has 0 bridgehead atoms. The van der Waals surface area contributed by atoms with Gasteiger partial charge in [-0.1, -0.05) is 26.5 Å². The van der Waals surface area contributed by atoms with E-state index in [4.69, 9.17) is 4.98 Å². The number of aryl methyl sites for hydroxylation is 1. The number of halogens is 3. The Morgan fingerprint density at radius 2 is 1.79 bits per heavy atom. The molecule has 4 aromatic heterocycles. The van der Waals surface area contributed by atoms with E-state index in [0.717, 1.165) is 50.5 Å². The minimum absolute atomic E-state index is 0.00594. The number of hydrogen-bond acceptors (Lipinski definition) is 11. The molecule has 18 heteroatoms. The van der Waals surface area contributed by atoms with Gasteiger partial charge in [0.05, 0.1) is 23.7 Å². The molecular weight excluding hydrogens is 864 g/mol. The number of aliphatic hydroxyl groups is 1. The third-order valence-corrected chi connectivity index (χ3v) is 13.8. The highest BCUT2D eigenvalue weighted by molar-refractivity contribution is 6.06. The number of hydrogen-bond donors (Lipinski definition) is 3. The minimum Gasteiger partial charge on any atom is -0.392 e. The van der Waals surface area contributed by atoms with Gasteiger partial charge in [-0.15, -0.1) is 0 Å². The number of benzene rings is 1. The lowest BCUT2D eigenvalue weighted by Gasteiger charge is -2.48. The predicted molar refractivity (Wildman–Crippen MR) is 252 cm³/mol. The van der Waals surface area contributed by atoms with Crippen LogP contribution >= 0.6 is 0 Å². The van der Waals surface area contributed by atoms with Gasteiger partial charge in [-0.05, 0) is 99.0 Å². The number of aromatic nitrogens is 5. The highest BCUT2D eigenvalue weighted by atomic mass is 19.4. The van der Waals surface area contributed by atoms with Crippen LogP contribution in [0.2, 0.25) is 0 Å². The van der Waals surface area contributed by atoms with Crippen molar-refractivity contribution < 1.29 is 27.9 Å². The van der Waals surface area contributed by atoms with Crippen molar-refractivity contribution in [2.24, 2.45) is 12.5 Å². The first-order valence-electron chi connectivity index (χ1n) is 22.8. The fraction of sp³-hybridized carbons (Fsp3) is 0.429. The van der Waals surface area contributed by atoms with E-state index in [2.05, 4.69) is 62.3 Å². The largest absolute Gasteiger partial charge is 0.433 e. The lowest BCUT2D eigenvalue weighted by atomic mass is 9.90. The molecule has 67 heavy (non-hydrogen) atoms. The average molecular weight is 920 g/mol. The normalized spacial score (nSPS) is 20.7. The number of amides is 2. The van der Waals surface area contributed by atoms with Gasteiger partial charge in [0, 0.05) is 99.3 Å². The van der Waals surface area contributed by atoms with E-state index in [9.17, 15) is 32.7 Å². The van der Waals surface area contributed by atoms with Gasteiger partial charge in [0.2, 0.25) is 5.91 Å². The monoisotopic (exact) mass is 919 g/mol. The summed E-state index contributed by atoms with van der Waals surface area (Å²) in [6.07, 6.45) is 3.21. The van der Waals surface area contributed by atoms with Crippen molar-refractivity contribution in [1.29, 1.82) is 0 Å². The summed E-state index contributed by atoms with van der Waals surface area (Å²) >= 11 is 0. The summed E-state index contributed by atoms with van der Waals surface area (Å²) in [5, 5.41) is 16.9. The summed E-state index contributed by atoms with van der Waals surface area (Å²) in [6, 6.07) is 13.5. The molecule has 352 valence electrons. The maximum absolute atomic E-state index is 14.0. The molecule has 7 heterocycles. The van der Waals surface area contributed by atoms with Crippen LogP contribution in [0.25, 0.3) is 11.3 Å². The minimum atomic E-state index is -4.51. The van der Waals surface area contributed by atoms with Crippen molar-refractivity contribution in [2.45, 2.75) is 90.8 Å². The Labute approximate surface area is 386 Å². The Morgan fingerprint density at radius 3 is 2.52 bits per heavy atom. The summed E-state index contributed by atoms with van der Waals surface area (Å²) in [6.45, 7) is 15.5. The van der Waals surface area contributed by atoms with E-state index in [1.165, 1.54) is 28.0 Å². The Morgan fingerprint density at radius 1 is 0.985 bits per heavy atom. The van der Waals surface area contributed by atoms with Gasteiger partial charge in [0.15, 0.2) is 5.82 Å². The zero-order valence-corrected chi connectivity index (χ0v) is 38.4. The topological polar surface area (TPSA) is 157 Å². The third kappa shape index (κ3) is 8.79. The molecule has 9 rings (SSSR count). The third-order valence-electron chi connectivity index (χ3n) is 13.8. The average Bonchev–Trinajstić information content (AvgIpc) is 3.79. The summed E-state index contributed by atoms with van der Waals surface area (Å²) in [7, 11) is 1.61. The molecule has 0 radical (unpaired) electrons. The molecule has 1 unspecified atom stereocenters. The maximum Gasteiger partial charge on any atom is 0.433 e. The van der Waals surface area contributed by atoms with Crippen molar-refractivity contribution in [3.05, 3.63) is 112 Å². The van der Waals surface area contributed by atoms with Crippen molar-refractivity contribution >= 4 is 46.3 Å². The molecular formula is C49H56F3N11O4. The van der Waals surface area contributed by atoms with E-state index >= 15 is 0 Å². The first-order chi connectivity index (χ1) is 31.9. The zero-order valence-electron chi connectivity index (χ0n) is 38.4. The lowest BCUT2D eigenvalue weighted by molar-refractivity contribution is -0.141. The van der Waals surface area contributed by atoms with Gasteiger partial charge in [-0.25, -0.2) is 15.0 Å². The molecule has 1 aromatic carbocycles. The molecule has 3 N–H and O–H groups in total. The Hall–Kier alpha value is -6.53. The van der Waals surface area contributed by atoms with Crippen LogP contribution in [0.5, 0.6) is 0 Å². The van der Waals surface area contributed by atoms with Crippen LogP contribution in [0.1, 0.15) is 73.5 Å². The molecule has 5 aromatic rings. The standard InChI is InChI=1S/C49H56F3N11O4/c1-7-43(65)55-36-23-32(11-12-38(36)60-18-17-59(26-30(60)3)33-14-16-61(29(2)21-33)42-10-8-9-41(57-42)49(50,51)52)54-44-47(67)58(6)27-37(56-44)34-13-15-53-45(35(34)28-64)63-20-19-62-39(46(63)66)22-31-24-48(4,5)25-40(31)62/h7-13,15,22-23,27,29-30,33,64H,1,14,16-21,24-26,28H2,2-6H3,(H,54,56)(H,55,65)/t29-,30-,33?/m0/s1. The Kier molecular flexibility index (Phi) is 12.0. The number of anilines is 6. The Bertz CT molecular complexity index is 2820. The van der Waals surface area contributed by atoms with Crippen LogP contribution in [0.4, 0.5) is 47.7 Å². The number of nitrogens with zero attached hydrogens (tertiary/aromatic N) is 9. The molecule has 3 atom stereocenters. The number of rotatable bonds is 10. The number of alkyl halides is 3. The van der Waals surface area contributed by atoms with E-state index < -0.39 is 29.9 Å². The number of carbonyl (C=O) groups is 2. The number of piperazine rings is 1. The van der Waals surface area contributed by atoms with E-state index in [0.29, 0.717) is 71.7 Å². The number of aliphatic hydroxyl groups excluding tert-OH is 1. The molecule has 2 fully saturated rings. The van der Waals surface area contributed by atoms with Gasteiger partial charge in [0.25, 0.3) is 11.5 Å². The smallest absolute Gasteiger partial charge is 0.392 e. The SMILES string of the molecule is C=CC(=O)Nc1cc(Nc2nc(-c3ccnc(N4CCn5c(cc6c5CC(C)(C)C6)C4=O)c3CO)cn(C)c2=O)ccc1N1CCN(C2CCN(c3cccc(C(F)(F)F)n3)[C@@H](C)C2)C[C@@H]1C. The van der Waals surface area contributed by atoms with Crippen LogP contribution < -0.4 is 30.9 Å². The summed E-state index contributed by atoms with van der Waals surface area (Å²) in [4.78, 5) is 62.1. The van der Waals surface area contributed by atoms with Gasteiger partial charge in [-0.3, -0.25) is 24.2 Å². The van der Waals surface area contributed by atoms with Crippen molar-refractivity contribution in [3.63, 3.8) is 0 Å². The maximum atomic E-state index is 14.0. The van der Waals surface area contributed by atoms with E-state index in [1.54, 1.807) is 42.5 Å². The number of carbonyl (C=O) groups excluding carboxylic acids is 2. The van der Waals surface area contributed by atoms with Crippen LogP contribution in [-0.4, -0.2) is 96.8 Å². The summed E-state index contributed by atoms with van der Waals surface area (Å²) in [5.74, 6) is 0.0869. The highest BCUT2D eigenvalue weighted by Gasteiger charge is 2.39. The molecule has 0 saturated carbocycles. The number of nitrogens with one attached hydrogen (secondary N) is 2. The van der Waals surface area contributed by atoms with Crippen LogP contribution in [-0.2, 0) is 44.0 Å². The van der Waals surface area contributed by atoms with Crippen LogP contribution in [0.15, 0.2) is 78.4 Å². The Balaban J connectivity index is 0.924. The fourth-order valence-electron chi connectivity index (χ4n) is 10.6. The van der Waals surface area contributed by atoms with Crippen molar-refractivity contribution in [2.75, 3.05) is 58.1 Å². The first-order valence-corrected chi connectivity index (χ1v) is 22.8. The van der Waals surface area contributed by atoms with Crippen molar-refractivity contribution in [1.82, 2.24) is 29.0 Å². The van der Waals surface area contributed by atoms with E-state index in [1.807, 2.05) is 30.0 Å². The fourth-order valence-corrected chi connectivity index (χ4v) is 10.6. The van der Waals surface area contributed by atoms with Gasteiger partial charge in [0.1, 0.15) is 23.0 Å². The molecule has 3 aliphatic heterocycles. The van der Waals surface area contributed by atoms with E-state index in [-0.39, 0.29) is 35.3 Å². The highest BCUT2D eigenvalue weighted by Crippen LogP contribution is 2.41. The summed E-state index contributed by atoms with van der Waals surface area (Å²) < 4.78 is 43.8. The predicted octanol–water partition coefficient (Wildman–Crippen LogP) is 6.77. The molecule has 1 aliphatic carbocycles. The van der Waals surface area contributed by atoms with Gasteiger partial charge < -0.3 is 34.7 Å². The number of piperidine rings is 1. The van der Waals surface area contributed by atoms with Crippen LogP contribution in [0, 0.1) is 5.41 Å². The van der Waals surface area contributed by atoms with Crippen LogP contribution in [0.3, 0.4) is 0 Å². The second kappa shape index (κ2) is 17.6. The summed E-state index contributed by atoms with van der Waals surface area (Å²) in [5.41, 5.74) is 4.94. The second-order valence-electron chi connectivity index (χ2n) is 19.0. The second-order valence-corrected chi connectivity index (χ2v) is 19.0. The number of fused-ring (bicyclic) bond motifs is 3. The number of pyridine rings is 2. The first kappa shape index (κ1) is 45.6. The molecule has 2 saturated heterocycles. The quantitative estimate of drug-likeness (QED) is 0.127. The molecule has 0 spiro atoms. The van der Waals surface area contributed by atoms with Gasteiger partial charge in [-0.2, -0.15) is 13.2 Å². The zero-order chi connectivity index (χ0) is 47.5. The molecule has 4 aliphatic rings. The molecule has 2 amide bonds. The van der Waals surface area contributed by atoms with Crippen molar-refractivity contribution in [3.8, 4) is 11.3 Å².